The van der Waals surface area contributed by atoms with Crippen LogP contribution in [0.2, 0.25) is 0 Å². The molecule has 0 aliphatic carbocycles. The smallest absolute Gasteiger partial charge is 0.0963 e. The normalized spacial score (nSPS) is 11.5. The molecule has 0 saturated heterocycles. The Morgan fingerprint density at radius 1 is 0.250 bits per heavy atom. The maximum Gasteiger partial charge on any atom is 0.0963 e. The molecule has 5 heterocycles. The zero-order chi connectivity index (χ0) is 45.0. The van der Waals surface area contributed by atoms with E-state index in [1.807, 2.05) is 42.9 Å². The van der Waals surface area contributed by atoms with Gasteiger partial charge in [-0.2, -0.15) is 0 Å². The molecule has 5 aromatic heterocycles. The van der Waals surface area contributed by atoms with Crippen LogP contribution in [0.4, 0.5) is 0 Å². The van der Waals surface area contributed by atoms with E-state index in [0.29, 0.717) is 0 Å². The minimum Gasteiger partial charge on any atom is -0.309 e. The number of pyridine rings is 3. The fourth-order valence-electron chi connectivity index (χ4n) is 10.3. The van der Waals surface area contributed by atoms with Gasteiger partial charge in [0.25, 0.3) is 0 Å². The minimum absolute atomic E-state index is 0.948. The molecule has 0 unspecified atom stereocenters. The molecule has 0 spiro atoms. The van der Waals surface area contributed by atoms with Crippen LogP contribution in [0.5, 0.6) is 0 Å². The van der Waals surface area contributed by atoms with Crippen LogP contribution in [0.1, 0.15) is 0 Å². The third-order valence-electron chi connectivity index (χ3n) is 13.3. The molecule has 5 nitrogen and oxygen atoms in total. The Bertz CT molecular complexity index is 3880. The van der Waals surface area contributed by atoms with Crippen molar-refractivity contribution in [2.45, 2.75) is 0 Å². The Hall–Kier alpha value is -9.19. The second-order valence-corrected chi connectivity index (χ2v) is 17.2. The average molecular weight is 868 g/mol. The summed E-state index contributed by atoms with van der Waals surface area (Å²) in [5.41, 5.74) is 20.9. The molecule has 13 rings (SSSR count). The summed E-state index contributed by atoms with van der Waals surface area (Å²) in [6.45, 7) is 0. The lowest BCUT2D eigenvalue weighted by molar-refractivity contribution is 1.13. The van der Waals surface area contributed by atoms with Gasteiger partial charge in [0.2, 0.25) is 0 Å². The van der Waals surface area contributed by atoms with Crippen molar-refractivity contribution in [1.29, 1.82) is 0 Å². The van der Waals surface area contributed by atoms with Gasteiger partial charge in [-0.15, -0.1) is 0 Å². The van der Waals surface area contributed by atoms with Gasteiger partial charge in [-0.3, -0.25) is 15.0 Å². The molecule has 5 heteroatoms. The number of rotatable bonds is 8. The number of fused-ring (bicyclic) bond motifs is 6. The van der Waals surface area contributed by atoms with E-state index in [2.05, 4.69) is 215 Å². The summed E-state index contributed by atoms with van der Waals surface area (Å²) in [5.74, 6) is 0. The fourth-order valence-corrected chi connectivity index (χ4v) is 10.3. The van der Waals surface area contributed by atoms with E-state index < -0.39 is 0 Å². The fraction of sp³-hybridized carbons (Fsp3) is 0. The maximum absolute atomic E-state index is 5.00. The number of benzene rings is 8. The largest absolute Gasteiger partial charge is 0.309 e. The molecule has 0 atom stereocenters. The van der Waals surface area contributed by atoms with Crippen LogP contribution in [-0.2, 0) is 0 Å². The Morgan fingerprint density at radius 2 is 0.676 bits per heavy atom. The topological polar surface area (TPSA) is 48.5 Å². The monoisotopic (exact) mass is 867 g/mol. The number of hydrogen-bond donors (Lipinski definition) is 0. The van der Waals surface area contributed by atoms with Crippen LogP contribution in [0.3, 0.4) is 0 Å². The lowest BCUT2D eigenvalue weighted by Gasteiger charge is -2.14. The first-order valence-electron chi connectivity index (χ1n) is 23.0. The second-order valence-electron chi connectivity index (χ2n) is 17.2. The van der Waals surface area contributed by atoms with Crippen LogP contribution in [0.25, 0.3) is 122 Å². The zero-order valence-electron chi connectivity index (χ0n) is 36.9. The van der Waals surface area contributed by atoms with Crippen LogP contribution in [-0.4, -0.2) is 24.1 Å². The molecule has 0 radical (unpaired) electrons. The Balaban J connectivity index is 1.000. The molecule has 68 heavy (non-hydrogen) atoms. The summed E-state index contributed by atoms with van der Waals surface area (Å²) in [5, 5.41) is 3.46. The van der Waals surface area contributed by atoms with Crippen molar-refractivity contribution >= 4 is 43.7 Å². The SMILES string of the molecule is c1ccc(-c2ccccc2-c2ccc3c(c2)c2cc(-c4ccccc4-c4ccccn4)ccc2n3-c2cccc(-n3c4ccc(-c5ccccc5-c5ccccn5)cc4c4ncccc43)c2)cc1. The summed E-state index contributed by atoms with van der Waals surface area (Å²) in [6.07, 6.45) is 5.61. The second kappa shape index (κ2) is 16.4. The van der Waals surface area contributed by atoms with E-state index in [-0.39, 0.29) is 0 Å². The molecule has 0 aliphatic heterocycles. The molecule has 0 N–H and O–H groups in total. The predicted molar refractivity (Wildman–Crippen MR) is 281 cm³/mol. The van der Waals surface area contributed by atoms with Gasteiger partial charge >= 0.3 is 0 Å². The lowest BCUT2D eigenvalue weighted by atomic mass is 9.93. The molecular formula is C63H41N5. The summed E-state index contributed by atoms with van der Waals surface area (Å²) in [7, 11) is 0. The van der Waals surface area contributed by atoms with E-state index >= 15 is 0 Å². The van der Waals surface area contributed by atoms with E-state index in [4.69, 9.17) is 15.0 Å². The van der Waals surface area contributed by atoms with Crippen molar-refractivity contribution in [3.63, 3.8) is 0 Å². The number of aromatic nitrogens is 5. The molecule has 0 fully saturated rings. The van der Waals surface area contributed by atoms with E-state index in [0.717, 1.165) is 89.1 Å². The summed E-state index contributed by atoms with van der Waals surface area (Å²) in [6, 6.07) is 82.5. The first kappa shape index (κ1) is 39.2. The molecule has 0 bridgehead atoms. The van der Waals surface area contributed by atoms with E-state index in [1.54, 1.807) is 0 Å². The van der Waals surface area contributed by atoms with Crippen LogP contribution < -0.4 is 0 Å². The van der Waals surface area contributed by atoms with Crippen LogP contribution in [0, 0.1) is 0 Å². The van der Waals surface area contributed by atoms with Crippen LogP contribution >= 0.6 is 0 Å². The Morgan fingerprint density at radius 3 is 1.21 bits per heavy atom. The highest BCUT2D eigenvalue weighted by Gasteiger charge is 2.20. The molecule has 318 valence electrons. The highest BCUT2D eigenvalue weighted by molar-refractivity contribution is 6.13. The highest BCUT2D eigenvalue weighted by atomic mass is 15.0. The van der Waals surface area contributed by atoms with Gasteiger partial charge in [-0.1, -0.05) is 140 Å². The van der Waals surface area contributed by atoms with Gasteiger partial charge in [-0.05, 0) is 136 Å². The van der Waals surface area contributed by atoms with Gasteiger partial charge < -0.3 is 9.13 Å². The van der Waals surface area contributed by atoms with Gasteiger partial charge in [0.05, 0.1) is 39.0 Å². The lowest BCUT2D eigenvalue weighted by Crippen LogP contribution is -1.98. The van der Waals surface area contributed by atoms with Crippen molar-refractivity contribution in [3.05, 3.63) is 249 Å². The van der Waals surface area contributed by atoms with Crippen molar-refractivity contribution in [2.24, 2.45) is 0 Å². The molecule has 13 aromatic rings. The quantitative estimate of drug-likeness (QED) is 0.153. The average Bonchev–Trinajstić information content (AvgIpc) is 3.93. The van der Waals surface area contributed by atoms with Crippen molar-refractivity contribution in [3.8, 4) is 78.4 Å². The minimum atomic E-state index is 0.948. The maximum atomic E-state index is 5.00. The molecule has 0 aliphatic rings. The first-order chi connectivity index (χ1) is 33.7. The summed E-state index contributed by atoms with van der Waals surface area (Å²) >= 11 is 0. The third-order valence-corrected chi connectivity index (χ3v) is 13.3. The van der Waals surface area contributed by atoms with Crippen molar-refractivity contribution in [1.82, 2.24) is 24.1 Å². The predicted octanol–water partition coefficient (Wildman–Crippen LogP) is 16.1. The van der Waals surface area contributed by atoms with Crippen molar-refractivity contribution in [2.75, 3.05) is 0 Å². The standard InChI is InChI=1S/C63H41N5/c1-2-16-42(17-3-1)48-20-4-5-21-49(48)43-29-32-59-54(38-43)55-39-44(50-22-6-8-24-52(50)57-26-10-12-35-64-57)30-33-60(55)67(59)46-18-14-19-47(41-46)68-61-34-31-45(40-56(61)63-62(68)28-15-37-66-63)51-23-7-9-25-53(51)58-27-11-13-36-65-58/h1-41H. The summed E-state index contributed by atoms with van der Waals surface area (Å²) in [4.78, 5) is 14.5. The van der Waals surface area contributed by atoms with E-state index in [9.17, 15) is 0 Å². The van der Waals surface area contributed by atoms with Crippen LogP contribution in [0.15, 0.2) is 249 Å². The summed E-state index contributed by atoms with van der Waals surface area (Å²) < 4.78 is 4.78. The van der Waals surface area contributed by atoms with Crippen molar-refractivity contribution < 1.29 is 0 Å². The van der Waals surface area contributed by atoms with Gasteiger partial charge in [0.15, 0.2) is 0 Å². The molecule has 0 saturated carbocycles. The first-order valence-corrected chi connectivity index (χ1v) is 23.0. The number of nitrogens with zero attached hydrogens (tertiary/aromatic N) is 5. The van der Waals surface area contributed by atoms with E-state index in [1.165, 1.54) is 33.0 Å². The van der Waals surface area contributed by atoms with Gasteiger partial charge in [0, 0.05) is 57.3 Å². The third kappa shape index (κ3) is 6.59. The Kier molecular flexibility index (Phi) is 9.43. The zero-order valence-corrected chi connectivity index (χ0v) is 36.9. The molecule has 0 amide bonds. The van der Waals surface area contributed by atoms with Gasteiger partial charge in [0.1, 0.15) is 0 Å². The molecular weight excluding hydrogens is 827 g/mol. The Labute approximate surface area is 393 Å². The molecule has 8 aromatic carbocycles. The number of hydrogen-bond acceptors (Lipinski definition) is 3. The highest BCUT2D eigenvalue weighted by Crippen LogP contribution is 2.42. The van der Waals surface area contributed by atoms with Gasteiger partial charge in [-0.25, -0.2) is 0 Å².